The van der Waals surface area contributed by atoms with Crippen molar-refractivity contribution in [2.45, 2.75) is 33.0 Å². The van der Waals surface area contributed by atoms with Gasteiger partial charge < -0.3 is 9.88 Å². The Hall–Kier alpha value is -2.99. The first kappa shape index (κ1) is 19.0. The van der Waals surface area contributed by atoms with E-state index in [0.717, 1.165) is 44.0 Å². The Bertz CT molecular complexity index is 1030. The number of hydrogen-bond donors (Lipinski definition) is 1. The molecule has 0 radical (unpaired) electrons. The van der Waals surface area contributed by atoms with Crippen molar-refractivity contribution in [2.24, 2.45) is 11.8 Å². The number of likely N-dealkylation sites (tertiary alicyclic amines) is 1. The third-order valence-corrected chi connectivity index (χ3v) is 6.37. The van der Waals surface area contributed by atoms with Crippen molar-refractivity contribution in [2.75, 3.05) is 13.1 Å². The quantitative estimate of drug-likeness (QED) is 0.714. The standard InChI is InChI=1S/C24H27N5O/c1-17-7-9-19(10-8-17)13-28-14-20-11-22-26-27-23(29(22)16-21(20)15-28)24(30)25-12-18-5-3-2-4-6-18/h2-10,20-21H,11-16H2,1H3,(H,25,30)/t20-,21+/m0/s1. The number of nitrogens with zero attached hydrogens (tertiary/aromatic N) is 4. The van der Waals surface area contributed by atoms with E-state index >= 15 is 0 Å². The number of carbonyl (C=O) groups excluding carboxylic acids is 1. The molecule has 3 aromatic rings. The minimum absolute atomic E-state index is 0.148. The van der Waals surface area contributed by atoms with E-state index in [1.165, 1.54) is 11.1 Å². The van der Waals surface area contributed by atoms with E-state index < -0.39 is 0 Å². The summed E-state index contributed by atoms with van der Waals surface area (Å²) >= 11 is 0. The van der Waals surface area contributed by atoms with E-state index in [1.807, 2.05) is 34.9 Å². The van der Waals surface area contributed by atoms with Crippen LogP contribution in [0.3, 0.4) is 0 Å². The lowest BCUT2D eigenvalue weighted by Gasteiger charge is -2.25. The summed E-state index contributed by atoms with van der Waals surface area (Å²) in [4.78, 5) is 15.3. The summed E-state index contributed by atoms with van der Waals surface area (Å²) in [7, 11) is 0. The van der Waals surface area contributed by atoms with Crippen LogP contribution in [-0.2, 0) is 26.1 Å². The fourth-order valence-corrected chi connectivity index (χ4v) is 4.73. The van der Waals surface area contributed by atoms with Crippen LogP contribution in [0.5, 0.6) is 0 Å². The summed E-state index contributed by atoms with van der Waals surface area (Å²) in [5.74, 6) is 2.37. The Morgan fingerprint density at radius 3 is 2.53 bits per heavy atom. The maximum absolute atomic E-state index is 12.7. The number of rotatable bonds is 5. The Kier molecular flexibility index (Phi) is 5.09. The molecule has 30 heavy (non-hydrogen) atoms. The molecule has 1 amide bonds. The van der Waals surface area contributed by atoms with Gasteiger partial charge in [-0.25, -0.2) is 0 Å². The molecule has 0 bridgehead atoms. The maximum atomic E-state index is 12.7. The molecular formula is C24H27N5O. The number of hydrogen-bond acceptors (Lipinski definition) is 4. The molecule has 1 saturated heterocycles. The van der Waals surface area contributed by atoms with Crippen LogP contribution in [0.15, 0.2) is 54.6 Å². The van der Waals surface area contributed by atoms with Crippen LogP contribution < -0.4 is 5.32 Å². The molecule has 1 fully saturated rings. The highest BCUT2D eigenvalue weighted by molar-refractivity contribution is 5.90. The second-order valence-electron chi connectivity index (χ2n) is 8.62. The number of carbonyl (C=O) groups is 1. The third kappa shape index (κ3) is 3.87. The number of nitrogens with one attached hydrogen (secondary N) is 1. The molecule has 154 valence electrons. The van der Waals surface area contributed by atoms with Gasteiger partial charge in [-0.05, 0) is 29.9 Å². The highest BCUT2D eigenvalue weighted by atomic mass is 16.2. The number of amides is 1. The maximum Gasteiger partial charge on any atom is 0.289 e. The fourth-order valence-electron chi connectivity index (χ4n) is 4.73. The highest BCUT2D eigenvalue weighted by Crippen LogP contribution is 2.33. The lowest BCUT2D eigenvalue weighted by Crippen LogP contribution is -2.32. The fraction of sp³-hybridized carbons (Fsp3) is 0.375. The highest BCUT2D eigenvalue weighted by Gasteiger charge is 2.39. The summed E-state index contributed by atoms with van der Waals surface area (Å²) in [6.07, 6.45) is 0.897. The summed E-state index contributed by atoms with van der Waals surface area (Å²) in [5, 5.41) is 11.5. The molecule has 2 aliphatic heterocycles. The number of fused-ring (bicyclic) bond motifs is 2. The second-order valence-corrected chi connectivity index (χ2v) is 8.62. The first-order chi connectivity index (χ1) is 14.7. The first-order valence-corrected chi connectivity index (χ1v) is 10.7. The Morgan fingerprint density at radius 1 is 0.967 bits per heavy atom. The summed E-state index contributed by atoms with van der Waals surface area (Å²) in [6, 6.07) is 18.7. The van der Waals surface area contributed by atoms with Gasteiger partial charge in [-0.15, -0.1) is 10.2 Å². The van der Waals surface area contributed by atoms with Gasteiger partial charge in [-0.2, -0.15) is 0 Å². The van der Waals surface area contributed by atoms with Gasteiger partial charge in [-0.1, -0.05) is 60.2 Å². The largest absolute Gasteiger partial charge is 0.345 e. The van der Waals surface area contributed by atoms with Gasteiger partial charge in [0.25, 0.3) is 5.91 Å². The van der Waals surface area contributed by atoms with Crippen molar-refractivity contribution in [3.05, 3.63) is 82.9 Å². The van der Waals surface area contributed by atoms with Crippen molar-refractivity contribution in [1.29, 1.82) is 0 Å². The summed E-state index contributed by atoms with van der Waals surface area (Å²) in [5.41, 5.74) is 3.73. The van der Waals surface area contributed by atoms with E-state index in [1.54, 1.807) is 0 Å². The van der Waals surface area contributed by atoms with E-state index in [9.17, 15) is 4.79 Å². The molecule has 0 unspecified atom stereocenters. The van der Waals surface area contributed by atoms with Crippen molar-refractivity contribution in [1.82, 2.24) is 25.0 Å². The Labute approximate surface area is 176 Å². The SMILES string of the molecule is Cc1ccc(CN2C[C@@H]3Cn4c(nnc4C(=O)NCc4ccccc4)C[C@H]3C2)cc1. The predicted molar refractivity (Wildman–Crippen MR) is 115 cm³/mol. The molecule has 1 aromatic heterocycles. The zero-order valence-corrected chi connectivity index (χ0v) is 17.3. The molecule has 0 spiro atoms. The minimum Gasteiger partial charge on any atom is -0.345 e. The van der Waals surface area contributed by atoms with Crippen molar-refractivity contribution >= 4 is 5.91 Å². The van der Waals surface area contributed by atoms with Crippen molar-refractivity contribution in [3.8, 4) is 0 Å². The molecule has 5 rings (SSSR count). The van der Waals surface area contributed by atoms with Gasteiger partial charge in [0.2, 0.25) is 5.82 Å². The van der Waals surface area contributed by atoms with Crippen LogP contribution in [0.4, 0.5) is 0 Å². The Balaban J connectivity index is 1.23. The van der Waals surface area contributed by atoms with Crippen molar-refractivity contribution in [3.63, 3.8) is 0 Å². The van der Waals surface area contributed by atoms with Gasteiger partial charge in [-0.3, -0.25) is 9.69 Å². The number of aryl methyl sites for hydroxylation is 1. The lowest BCUT2D eigenvalue weighted by atomic mass is 9.89. The topological polar surface area (TPSA) is 63.1 Å². The zero-order chi connectivity index (χ0) is 20.5. The number of aromatic nitrogens is 3. The molecule has 2 aliphatic rings. The van der Waals surface area contributed by atoms with Crippen molar-refractivity contribution < 1.29 is 4.79 Å². The van der Waals surface area contributed by atoms with Crippen LogP contribution in [0, 0.1) is 18.8 Å². The predicted octanol–water partition coefficient (Wildman–Crippen LogP) is 2.82. The van der Waals surface area contributed by atoms with Gasteiger partial charge in [0.1, 0.15) is 5.82 Å². The van der Waals surface area contributed by atoms with Gasteiger partial charge in [0, 0.05) is 39.1 Å². The van der Waals surface area contributed by atoms with E-state index in [4.69, 9.17) is 0 Å². The first-order valence-electron chi connectivity index (χ1n) is 10.7. The molecule has 3 heterocycles. The average Bonchev–Trinajstić information content (AvgIpc) is 3.35. The van der Waals surface area contributed by atoms with E-state index in [2.05, 4.69) is 51.6 Å². The zero-order valence-electron chi connectivity index (χ0n) is 17.3. The number of benzene rings is 2. The van der Waals surface area contributed by atoms with E-state index in [-0.39, 0.29) is 5.91 Å². The van der Waals surface area contributed by atoms with E-state index in [0.29, 0.717) is 24.2 Å². The summed E-state index contributed by atoms with van der Waals surface area (Å²) < 4.78 is 2.04. The van der Waals surface area contributed by atoms with Crippen LogP contribution in [-0.4, -0.2) is 38.7 Å². The molecule has 2 atom stereocenters. The molecule has 0 saturated carbocycles. The van der Waals surface area contributed by atoms with Crippen LogP contribution >= 0.6 is 0 Å². The second kappa shape index (κ2) is 8.03. The van der Waals surface area contributed by atoms with Crippen LogP contribution in [0.2, 0.25) is 0 Å². The van der Waals surface area contributed by atoms with Gasteiger partial charge >= 0.3 is 0 Å². The average molecular weight is 402 g/mol. The van der Waals surface area contributed by atoms with Crippen LogP contribution in [0.1, 0.15) is 33.1 Å². The third-order valence-electron chi connectivity index (χ3n) is 6.37. The molecule has 2 aromatic carbocycles. The normalized spacial score (nSPS) is 20.6. The summed E-state index contributed by atoms with van der Waals surface area (Å²) in [6.45, 7) is 6.57. The molecular weight excluding hydrogens is 374 g/mol. The molecule has 6 heteroatoms. The smallest absolute Gasteiger partial charge is 0.289 e. The molecule has 1 N–H and O–H groups in total. The monoisotopic (exact) mass is 401 g/mol. The molecule has 0 aliphatic carbocycles. The van der Waals surface area contributed by atoms with Crippen LogP contribution in [0.25, 0.3) is 0 Å². The Morgan fingerprint density at radius 2 is 1.73 bits per heavy atom. The van der Waals surface area contributed by atoms with Gasteiger partial charge in [0.15, 0.2) is 0 Å². The van der Waals surface area contributed by atoms with Gasteiger partial charge in [0.05, 0.1) is 0 Å². The molecule has 6 nitrogen and oxygen atoms in total. The minimum atomic E-state index is -0.148. The lowest BCUT2D eigenvalue weighted by molar-refractivity contribution is 0.0932.